The van der Waals surface area contributed by atoms with E-state index in [2.05, 4.69) is 10.6 Å². The van der Waals surface area contributed by atoms with E-state index in [9.17, 15) is 9.59 Å². The Morgan fingerprint density at radius 2 is 1.16 bits per heavy atom. The molecule has 0 aromatic heterocycles. The molecule has 2 N–H and O–H groups in total. The molecule has 0 heterocycles. The fourth-order valence-corrected chi connectivity index (χ4v) is 3.29. The summed E-state index contributed by atoms with van der Waals surface area (Å²) in [6, 6.07) is 16.6. The van der Waals surface area contributed by atoms with Crippen LogP contribution in [0.25, 0.3) is 0 Å². The van der Waals surface area contributed by atoms with E-state index in [-0.39, 0.29) is 23.7 Å². The zero-order valence-corrected chi connectivity index (χ0v) is 14.6. The lowest BCUT2D eigenvalue weighted by molar-refractivity contribution is -0.125. The summed E-state index contributed by atoms with van der Waals surface area (Å²) >= 11 is 5.85. The van der Waals surface area contributed by atoms with Crippen LogP contribution >= 0.6 is 11.6 Å². The quantitative estimate of drug-likeness (QED) is 0.832. The SMILES string of the molecule is O=C(Nc1ccccc1)C1CCC(C(=O)Nc2ccc(Cl)cc2)CC1. The molecule has 2 amide bonds. The minimum absolute atomic E-state index is 0.0178. The van der Waals surface area contributed by atoms with Crippen molar-refractivity contribution in [3.05, 3.63) is 59.6 Å². The highest BCUT2D eigenvalue weighted by Gasteiger charge is 2.30. The van der Waals surface area contributed by atoms with Gasteiger partial charge in [0.05, 0.1) is 0 Å². The lowest BCUT2D eigenvalue weighted by atomic mass is 9.81. The monoisotopic (exact) mass is 356 g/mol. The van der Waals surface area contributed by atoms with E-state index >= 15 is 0 Å². The second-order valence-corrected chi connectivity index (χ2v) is 6.84. The van der Waals surface area contributed by atoms with Crippen LogP contribution in [0.1, 0.15) is 25.7 Å². The molecule has 1 saturated carbocycles. The van der Waals surface area contributed by atoms with Crippen molar-refractivity contribution in [3.8, 4) is 0 Å². The van der Waals surface area contributed by atoms with Crippen LogP contribution in [0.3, 0.4) is 0 Å². The summed E-state index contributed by atoms with van der Waals surface area (Å²) in [7, 11) is 0. The number of hydrogen-bond acceptors (Lipinski definition) is 2. The Bertz CT molecular complexity index is 723. The van der Waals surface area contributed by atoms with Gasteiger partial charge in [0.2, 0.25) is 11.8 Å². The summed E-state index contributed by atoms with van der Waals surface area (Å²) < 4.78 is 0. The highest BCUT2D eigenvalue weighted by Crippen LogP contribution is 2.30. The first-order chi connectivity index (χ1) is 12.1. The molecule has 25 heavy (non-hydrogen) atoms. The van der Waals surface area contributed by atoms with Gasteiger partial charge in [-0.15, -0.1) is 0 Å². The molecule has 0 saturated heterocycles. The van der Waals surface area contributed by atoms with E-state index in [0.29, 0.717) is 5.02 Å². The van der Waals surface area contributed by atoms with Crippen LogP contribution < -0.4 is 10.6 Å². The lowest BCUT2D eigenvalue weighted by Gasteiger charge is -2.27. The molecule has 0 radical (unpaired) electrons. The number of benzene rings is 2. The number of carbonyl (C=O) groups excluding carboxylic acids is 2. The molecule has 1 fully saturated rings. The van der Waals surface area contributed by atoms with Crippen molar-refractivity contribution in [3.63, 3.8) is 0 Å². The Kier molecular flexibility index (Phi) is 5.71. The Balaban J connectivity index is 1.48. The molecule has 0 atom stereocenters. The van der Waals surface area contributed by atoms with Crippen molar-refractivity contribution >= 4 is 34.8 Å². The number of hydrogen-bond donors (Lipinski definition) is 2. The van der Waals surface area contributed by atoms with Gasteiger partial charge in [-0.1, -0.05) is 29.8 Å². The molecule has 5 heteroatoms. The van der Waals surface area contributed by atoms with Gasteiger partial charge in [0.1, 0.15) is 0 Å². The van der Waals surface area contributed by atoms with Gasteiger partial charge in [-0.2, -0.15) is 0 Å². The summed E-state index contributed by atoms with van der Waals surface area (Å²) in [5.74, 6) is -0.0109. The van der Waals surface area contributed by atoms with Gasteiger partial charge in [-0.05, 0) is 62.1 Å². The lowest BCUT2D eigenvalue weighted by Crippen LogP contribution is -2.31. The van der Waals surface area contributed by atoms with E-state index in [4.69, 9.17) is 11.6 Å². The number of carbonyl (C=O) groups is 2. The Hall–Kier alpha value is -2.33. The van der Waals surface area contributed by atoms with Gasteiger partial charge in [0.25, 0.3) is 0 Å². The maximum Gasteiger partial charge on any atom is 0.227 e. The van der Waals surface area contributed by atoms with Crippen LogP contribution in [0.4, 0.5) is 11.4 Å². The summed E-state index contributed by atoms with van der Waals surface area (Å²) in [6.07, 6.45) is 2.92. The van der Waals surface area contributed by atoms with Crippen molar-refractivity contribution in [1.82, 2.24) is 0 Å². The summed E-state index contributed by atoms with van der Waals surface area (Å²) in [5.41, 5.74) is 1.56. The largest absolute Gasteiger partial charge is 0.326 e. The number of rotatable bonds is 4. The predicted octanol–water partition coefficient (Wildman–Crippen LogP) is 4.72. The number of nitrogens with one attached hydrogen (secondary N) is 2. The highest BCUT2D eigenvalue weighted by molar-refractivity contribution is 6.30. The summed E-state index contributed by atoms with van der Waals surface area (Å²) in [6.45, 7) is 0. The van der Waals surface area contributed by atoms with Crippen LogP contribution in [0.2, 0.25) is 5.02 Å². The molecule has 130 valence electrons. The zero-order chi connectivity index (χ0) is 17.6. The molecule has 4 nitrogen and oxygen atoms in total. The minimum atomic E-state index is -0.0450. The smallest absolute Gasteiger partial charge is 0.227 e. The van der Waals surface area contributed by atoms with Gasteiger partial charge < -0.3 is 10.6 Å². The second-order valence-electron chi connectivity index (χ2n) is 6.40. The molecular weight excluding hydrogens is 336 g/mol. The van der Waals surface area contributed by atoms with Crippen molar-refractivity contribution < 1.29 is 9.59 Å². The standard InChI is InChI=1S/C20H21ClN2O2/c21-16-10-12-18(13-11-16)23-20(25)15-8-6-14(7-9-15)19(24)22-17-4-2-1-3-5-17/h1-5,10-15H,6-9H2,(H,22,24)(H,23,25). The van der Waals surface area contributed by atoms with Crippen LogP contribution in [-0.2, 0) is 9.59 Å². The molecule has 3 rings (SSSR count). The second kappa shape index (κ2) is 8.17. The van der Waals surface area contributed by atoms with Gasteiger partial charge in [0, 0.05) is 28.2 Å². The third-order valence-electron chi connectivity index (χ3n) is 4.62. The van der Waals surface area contributed by atoms with Crippen molar-refractivity contribution in [2.45, 2.75) is 25.7 Å². The Morgan fingerprint density at radius 3 is 1.64 bits per heavy atom. The maximum atomic E-state index is 12.4. The molecular formula is C20H21ClN2O2. The van der Waals surface area contributed by atoms with Gasteiger partial charge >= 0.3 is 0 Å². The predicted molar refractivity (Wildman–Crippen MR) is 101 cm³/mol. The normalized spacial score (nSPS) is 19.9. The third-order valence-corrected chi connectivity index (χ3v) is 4.87. The fraction of sp³-hybridized carbons (Fsp3) is 0.300. The molecule has 2 aromatic carbocycles. The average molecular weight is 357 g/mol. The van der Waals surface area contributed by atoms with E-state index in [1.807, 2.05) is 30.3 Å². The van der Waals surface area contributed by atoms with E-state index < -0.39 is 0 Å². The Labute approximate surface area is 152 Å². The number of amides is 2. The number of halogens is 1. The molecule has 1 aliphatic carbocycles. The molecule has 2 aromatic rings. The average Bonchev–Trinajstić information content (AvgIpc) is 2.64. The van der Waals surface area contributed by atoms with Crippen molar-refractivity contribution in [2.24, 2.45) is 11.8 Å². The molecule has 1 aliphatic rings. The number of anilines is 2. The van der Waals surface area contributed by atoms with E-state index in [0.717, 1.165) is 37.1 Å². The maximum absolute atomic E-state index is 12.4. The summed E-state index contributed by atoms with van der Waals surface area (Å²) in [4.78, 5) is 24.7. The molecule has 0 bridgehead atoms. The molecule has 0 spiro atoms. The van der Waals surface area contributed by atoms with Crippen molar-refractivity contribution in [2.75, 3.05) is 10.6 Å². The van der Waals surface area contributed by atoms with Gasteiger partial charge in [0.15, 0.2) is 0 Å². The fourth-order valence-electron chi connectivity index (χ4n) is 3.16. The molecule has 0 unspecified atom stereocenters. The third kappa shape index (κ3) is 4.83. The summed E-state index contributed by atoms with van der Waals surface area (Å²) in [5, 5.41) is 6.52. The first-order valence-electron chi connectivity index (χ1n) is 8.54. The Morgan fingerprint density at radius 1 is 0.720 bits per heavy atom. The van der Waals surface area contributed by atoms with Crippen molar-refractivity contribution in [1.29, 1.82) is 0 Å². The van der Waals surface area contributed by atoms with Gasteiger partial charge in [-0.25, -0.2) is 0 Å². The number of para-hydroxylation sites is 1. The van der Waals surface area contributed by atoms with Gasteiger partial charge in [-0.3, -0.25) is 9.59 Å². The zero-order valence-electron chi connectivity index (χ0n) is 13.9. The van der Waals surface area contributed by atoms with E-state index in [1.54, 1.807) is 24.3 Å². The minimum Gasteiger partial charge on any atom is -0.326 e. The topological polar surface area (TPSA) is 58.2 Å². The van der Waals surface area contributed by atoms with Crippen LogP contribution in [0, 0.1) is 11.8 Å². The first kappa shape index (κ1) is 17.5. The highest BCUT2D eigenvalue weighted by atomic mass is 35.5. The van der Waals surface area contributed by atoms with Crippen LogP contribution in [0.5, 0.6) is 0 Å². The van der Waals surface area contributed by atoms with E-state index in [1.165, 1.54) is 0 Å². The molecule has 0 aliphatic heterocycles. The van der Waals surface area contributed by atoms with Crippen LogP contribution in [-0.4, -0.2) is 11.8 Å². The van der Waals surface area contributed by atoms with Crippen LogP contribution in [0.15, 0.2) is 54.6 Å². The first-order valence-corrected chi connectivity index (χ1v) is 8.92.